The summed E-state index contributed by atoms with van der Waals surface area (Å²) in [6, 6.07) is 22.4. The highest BCUT2D eigenvalue weighted by atomic mass is 19.1. The summed E-state index contributed by atoms with van der Waals surface area (Å²) in [4.78, 5) is 0. The lowest BCUT2D eigenvalue weighted by Gasteiger charge is -2.33. The quantitative estimate of drug-likeness (QED) is 0.225. The van der Waals surface area contributed by atoms with Crippen LogP contribution in [0.25, 0.3) is 16.7 Å². The summed E-state index contributed by atoms with van der Waals surface area (Å²) in [5.41, 5.74) is 7.73. The smallest absolute Gasteiger partial charge is 0.126 e. The number of aryl methyl sites for hydroxylation is 1. The predicted octanol–water partition coefficient (Wildman–Crippen LogP) is 8.58. The Balaban J connectivity index is 1.57. The Bertz CT molecular complexity index is 1610. The van der Waals surface area contributed by atoms with E-state index in [1.54, 1.807) is 20.3 Å². The molecule has 0 aliphatic carbocycles. The van der Waals surface area contributed by atoms with Crippen molar-refractivity contribution in [2.24, 2.45) is 0 Å². The van der Waals surface area contributed by atoms with Crippen molar-refractivity contribution in [3.8, 4) is 34.1 Å². The summed E-state index contributed by atoms with van der Waals surface area (Å²) in [6.07, 6.45) is 2.22. The summed E-state index contributed by atoms with van der Waals surface area (Å²) in [5, 5.41) is 3.63. The maximum atomic E-state index is 14.1. The van der Waals surface area contributed by atoms with Gasteiger partial charge in [0.1, 0.15) is 42.0 Å². The fourth-order valence-corrected chi connectivity index (χ4v) is 5.40. The molecule has 1 aliphatic rings. The van der Waals surface area contributed by atoms with Gasteiger partial charge in [0.2, 0.25) is 0 Å². The van der Waals surface area contributed by atoms with Gasteiger partial charge in [0.15, 0.2) is 0 Å². The molecule has 6 heteroatoms. The van der Waals surface area contributed by atoms with E-state index in [0.717, 1.165) is 50.4 Å². The van der Waals surface area contributed by atoms with Gasteiger partial charge in [0.05, 0.1) is 19.8 Å². The van der Waals surface area contributed by atoms with Crippen molar-refractivity contribution in [3.63, 3.8) is 0 Å². The van der Waals surface area contributed by atoms with Gasteiger partial charge >= 0.3 is 0 Å². The van der Waals surface area contributed by atoms with Gasteiger partial charge in [-0.25, -0.2) is 4.39 Å². The van der Waals surface area contributed by atoms with Crippen LogP contribution in [0.4, 0.5) is 10.1 Å². The number of hydrogen-bond donors (Lipinski definition) is 1. The number of anilines is 1. The fraction of sp³-hybridized carbons (Fsp3) is 0.257. The van der Waals surface area contributed by atoms with E-state index in [4.69, 9.17) is 18.9 Å². The number of methoxy groups -OCH3 is 2. The van der Waals surface area contributed by atoms with E-state index in [-0.39, 0.29) is 18.0 Å². The van der Waals surface area contributed by atoms with Gasteiger partial charge < -0.3 is 24.3 Å². The third-order valence-electron chi connectivity index (χ3n) is 7.26. The van der Waals surface area contributed by atoms with Gasteiger partial charge in [-0.1, -0.05) is 30.3 Å². The van der Waals surface area contributed by atoms with Crippen molar-refractivity contribution >= 4 is 11.3 Å². The zero-order valence-corrected chi connectivity index (χ0v) is 24.4. The zero-order valence-electron chi connectivity index (χ0n) is 24.4. The lowest BCUT2D eigenvalue weighted by Crippen LogP contribution is -2.32. The molecule has 41 heavy (non-hydrogen) atoms. The van der Waals surface area contributed by atoms with E-state index in [2.05, 4.69) is 44.3 Å². The summed E-state index contributed by atoms with van der Waals surface area (Å²) >= 11 is 0. The zero-order chi connectivity index (χ0) is 29.1. The van der Waals surface area contributed by atoms with Crippen LogP contribution in [0.3, 0.4) is 0 Å². The molecular weight excluding hydrogens is 517 g/mol. The molecule has 5 nitrogen and oxygen atoms in total. The summed E-state index contributed by atoms with van der Waals surface area (Å²) in [7, 11) is 3.31. The minimum absolute atomic E-state index is 0.193. The first kappa shape index (κ1) is 28.1. The Morgan fingerprint density at radius 2 is 1.59 bits per heavy atom. The molecule has 0 fully saturated rings. The monoisotopic (exact) mass is 553 g/mol. The van der Waals surface area contributed by atoms with Gasteiger partial charge in [0.25, 0.3) is 0 Å². The fourth-order valence-electron chi connectivity index (χ4n) is 5.40. The number of ether oxygens (including phenoxy) is 4. The van der Waals surface area contributed by atoms with Crippen LogP contribution in [-0.4, -0.2) is 19.8 Å². The van der Waals surface area contributed by atoms with Gasteiger partial charge in [0, 0.05) is 28.4 Å². The topological polar surface area (TPSA) is 49.0 Å². The van der Waals surface area contributed by atoms with E-state index < -0.39 is 0 Å². The molecular formula is C35H36FNO4. The molecule has 4 aromatic rings. The number of halogens is 1. The second kappa shape index (κ2) is 11.6. The normalized spacial score (nSPS) is 13.5. The Kier molecular flexibility index (Phi) is 7.93. The lowest BCUT2D eigenvalue weighted by atomic mass is 9.85. The van der Waals surface area contributed by atoms with Crippen LogP contribution < -0.4 is 24.3 Å². The van der Waals surface area contributed by atoms with Crippen molar-refractivity contribution in [1.82, 2.24) is 0 Å². The second-order valence-electron chi connectivity index (χ2n) is 10.9. The van der Waals surface area contributed by atoms with Crippen molar-refractivity contribution in [3.05, 3.63) is 107 Å². The molecule has 0 amide bonds. The second-order valence-corrected chi connectivity index (χ2v) is 10.9. The highest BCUT2D eigenvalue weighted by Gasteiger charge is 2.27. The third-order valence-corrected chi connectivity index (χ3v) is 7.26. The molecule has 0 spiro atoms. The van der Waals surface area contributed by atoms with Gasteiger partial charge in [-0.3, -0.25) is 0 Å². The van der Waals surface area contributed by atoms with Gasteiger partial charge in [-0.2, -0.15) is 0 Å². The standard InChI is InChI=1S/C35H36FNO4/c1-22-10-11-25(36)17-33(22)41-21-30-28(13-14-31-34(30)23(2)19-35(3,4)37-31)29-18-27(12-15-32(29)39-6)40-20-24-8-7-9-26(16-24)38-5/h7-19,37H,20-21H2,1-6H3. The molecule has 212 valence electrons. The number of nitrogens with one attached hydrogen (secondary N) is 1. The van der Waals surface area contributed by atoms with Crippen molar-refractivity contribution < 1.29 is 23.3 Å². The van der Waals surface area contributed by atoms with E-state index in [1.165, 1.54) is 12.1 Å². The maximum Gasteiger partial charge on any atom is 0.126 e. The molecule has 1 heterocycles. The molecule has 0 unspecified atom stereocenters. The largest absolute Gasteiger partial charge is 0.497 e. The van der Waals surface area contributed by atoms with Crippen LogP contribution >= 0.6 is 0 Å². The van der Waals surface area contributed by atoms with Crippen LogP contribution in [-0.2, 0) is 13.2 Å². The Labute approximate surface area is 241 Å². The molecule has 1 aliphatic heterocycles. The lowest BCUT2D eigenvalue weighted by molar-refractivity contribution is 0.302. The summed E-state index contributed by atoms with van der Waals surface area (Å²) in [6.45, 7) is 8.96. The highest BCUT2D eigenvalue weighted by molar-refractivity contribution is 5.88. The Hall–Kier alpha value is -4.45. The van der Waals surface area contributed by atoms with Gasteiger partial charge in [-0.05, 0) is 92.4 Å². The minimum atomic E-state index is -0.331. The summed E-state index contributed by atoms with van der Waals surface area (Å²) in [5.74, 6) is 2.40. The number of rotatable bonds is 9. The molecule has 5 rings (SSSR count). The van der Waals surface area contributed by atoms with Crippen molar-refractivity contribution in [2.45, 2.75) is 46.4 Å². The van der Waals surface area contributed by atoms with Crippen LogP contribution in [0.15, 0.2) is 78.9 Å². The first-order valence-electron chi connectivity index (χ1n) is 13.6. The molecule has 4 aromatic carbocycles. The van der Waals surface area contributed by atoms with Crippen LogP contribution in [0.2, 0.25) is 0 Å². The third kappa shape index (κ3) is 6.17. The Morgan fingerprint density at radius 1 is 0.756 bits per heavy atom. The van der Waals surface area contributed by atoms with Gasteiger partial charge in [-0.15, -0.1) is 0 Å². The molecule has 0 radical (unpaired) electrons. The van der Waals surface area contributed by atoms with Crippen molar-refractivity contribution in [2.75, 3.05) is 19.5 Å². The molecule has 0 bridgehead atoms. The molecule has 0 aromatic heterocycles. The van der Waals surface area contributed by atoms with Crippen LogP contribution in [0, 0.1) is 12.7 Å². The number of fused-ring (bicyclic) bond motifs is 1. The van der Waals surface area contributed by atoms with Crippen LogP contribution in [0.5, 0.6) is 23.0 Å². The van der Waals surface area contributed by atoms with E-state index >= 15 is 0 Å². The maximum absolute atomic E-state index is 14.1. The van der Waals surface area contributed by atoms with E-state index in [9.17, 15) is 4.39 Å². The molecule has 0 saturated carbocycles. The molecule has 1 N–H and O–H groups in total. The van der Waals surface area contributed by atoms with E-state index in [0.29, 0.717) is 23.9 Å². The first-order valence-corrected chi connectivity index (χ1v) is 13.6. The number of benzene rings is 4. The minimum Gasteiger partial charge on any atom is -0.497 e. The number of hydrogen-bond acceptors (Lipinski definition) is 5. The predicted molar refractivity (Wildman–Crippen MR) is 163 cm³/mol. The van der Waals surface area contributed by atoms with E-state index in [1.807, 2.05) is 49.4 Å². The SMILES string of the molecule is COc1cccc(COc2ccc(OC)c(-c3ccc4c(c3COc3cc(F)ccc3C)C(C)=CC(C)(C)N4)c2)c1. The molecule has 0 saturated heterocycles. The average molecular weight is 554 g/mol. The highest BCUT2D eigenvalue weighted by Crippen LogP contribution is 2.44. The summed E-state index contributed by atoms with van der Waals surface area (Å²) < 4.78 is 37.7. The number of allylic oxidation sites excluding steroid dienone is 1. The van der Waals surface area contributed by atoms with Crippen molar-refractivity contribution in [1.29, 1.82) is 0 Å². The van der Waals surface area contributed by atoms with Crippen LogP contribution in [0.1, 0.15) is 43.0 Å². The molecule has 0 atom stereocenters. The first-order chi connectivity index (χ1) is 19.7. The Morgan fingerprint density at radius 3 is 2.37 bits per heavy atom. The average Bonchev–Trinajstić information content (AvgIpc) is 2.95.